The lowest BCUT2D eigenvalue weighted by molar-refractivity contribution is 0.562. The van der Waals surface area contributed by atoms with E-state index in [0.717, 1.165) is 25.7 Å². The minimum Gasteiger partial charge on any atom is -0.314 e. The number of hydrogen-bond donors (Lipinski definition) is 0. The van der Waals surface area contributed by atoms with E-state index in [9.17, 15) is 0 Å². The predicted molar refractivity (Wildman–Crippen MR) is 211 cm³/mol. The molecule has 0 radical (unpaired) electrons. The molecule has 0 bridgehead atoms. The average molecular weight is 643 g/mol. The Bertz CT molecular complexity index is 2460. The number of hydrogen-bond acceptors (Lipinski definition) is 2. The van der Waals surface area contributed by atoms with Crippen LogP contribution in [-0.2, 0) is 12.8 Å². The quantitative estimate of drug-likeness (QED) is 0.178. The molecule has 10 rings (SSSR count). The summed E-state index contributed by atoms with van der Waals surface area (Å²) in [5, 5.41) is 5.11. The summed E-state index contributed by atoms with van der Waals surface area (Å²) in [7, 11) is 0. The van der Waals surface area contributed by atoms with Gasteiger partial charge in [-0.3, -0.25) is 0 Å². The molecule has 0 spiro atoms. The largest absolute Gasteiger partial charge is 0.314 e. The summed E-state index contributed by atoms with van der Waals surface area (Å²) in [5.41, 5.74) is 15.3. The molecule has 0 fully saturated rings. The fraction of sp³-hybridized carbons (Fsp3) is 0.125. The lowest BCUT2D eigenvalue weighted by atomic mass is 9.67. The number of nitrogens with zero attached hydrogens (tertiary/aromatic N) is 2. The van der Waals surface area contributed by atoms with Crippen LogP contribution in [0.1, 0.15) is 36.0 Å². The van der Waals surface area contributed by atoms with Gasteiger partial charge in [0.25, 0.3) is 0 Å². The SMILES string of the molecule is C1=C(N(c2ccccc2)c2cccc3ccccc23)CC2CCc3cc(N(c4ccccc4)c4cccc5ccccc45)cc4c3C2=C1CC4. The van der Waals surface area contributed by atoms with Gasteiger partial charge in [-0.05, 0) is 131 Å². The molecule has 0 N–H and O–H groups in total. The highest BCUT2D eigenvalue weighted by Crippen LogP contribution is 2.52. The first kappa shape index (κ1) is 29.1. The van der Waals surface area contributed by atoms with E-state index in [2.05, 4.69) is 174 Å². The van der Waals surface area contributed by atoms with Gasteiger partial charge in [0.2, 0.25) is 0 Å². The molecule has 0 heterocycles. The Morgan fingerprint density at radius 3 is 1.66 bits per heavy atom. The number of benzene rings is 7. The number of rotatable bonds is 6. The predicted octanol–water partition coefficient (Wildman–Crippen LogP) is 12.9. The van der Waals surface area contributed by atoms with Gasteiger partial charge in [-0.1, -0.05) is 109 Å². The number of fused-ring (bicyclic) bond motifs is 2. The Labute approximate surface area is 294 Å². The summed E-state index contributed by atoms with van der Waals surface area (Å²) >= 11 is 0. The molecule has 0 aromatic heterocycles. The van der Waals surface area contributed by atoms with E-state index in [1.54, 1.807) is 11.1 Å². The lowest BCUT2D eigenvalue weighted by Crippen LogP contribution is -2.28. The van der Waals surface area contributed by atoms with Crippen LogP contribution in [0.25, 0.3) is 27.1 Å². The fourth-order valence-electron chi connectivity index (χ4n) is 8.99. The molecule has 0 saturated carbocycles. The van der Waals surface area contributed by atoms with Crippen molar-refractivity contribution >= 4 is 55.6 Å². The van der Waals surface area contributed by atoms with Gasteiger partial charge in [0.15, 0.2) is 0 Å². The Morgan fingerprint density at radius 2 is 1.00 bits per heavy atom. The van der Waals surface area contributed by atoms with Gasteiger partial charge in [-0.15, -0.1) is 0 Å². The molecule has 0 amide bonds. The molecule has 1 unspecified atom stereocenters. The first-order valence-corrected chi connectivity index (χ1v) is 18.1. The van der Waals surface area contributed by atoms with E-state index >= 15 is 0 Å². The molecule has 3 aliphatic carbocycles. The van der Waals surface area contributed by atoms with E-state index in [0.29, 0.717) is 5.92 Å². The van der Waals surface area contributed by atoms with E-state index < -0.39 is 0 Å². The molecule has 7 aromatic rings. The van der Waals surface area contributed by atoms with Gasteiger partial charge in [-0.2, -0.15) is 0 Å². The zero-order chi connectivity index (χ0) is 33.0. The maximum atomic E-state index is 2.55. The van der Waals surface area contributed by atoms with Crippen molar-refractivity contribution in [3.8, 4) is 0 Å². The minimum absolute atomic E-state index is 0.520. The zero-order valence-electron chi connectivity index (χ0n) is 28.1. The molecule has 50 heavy (non-hydrogen) atoms. The highest BCUT2D eigenvalue weighted by Gasteiger charge is 2.36. The van der Waals surface area contributed by atoms with Crippen LogP contribution in [0.4, 0.5) is 28.4 Å². The van der Waals surface area contributed by atoms with Crippen molar-refractivity contribution in [2.45, 2.75) is 32.1 Å². The molecule has 2 nitrogen and oxygen atoms in total. The fourth-order valence-corrected chi connectivity index (χ4v) is 8.99. The smallest absolute Gasteiger partial charge is 0.0540 e. The molecule has 2 heteroatoms. The molecule has 3 aliphatic rings. The third-order valence-corrected chi connectivity index (χ3v) is 11.1. The highest BCUT2D eigenvalue weighted by atomic mass is 15.2. The first-order valence-electron chi connectivity index (χ1n) is 18.1. The van der Waals surface area contributed by atoms with Gasteiger partial charge in [0, 0.05) is 33.5 Å². The third kappa shape index (κ3) is 4.78. The average Bonchev–Trinajstić information content (AvgIpc) is 3.18. The van der Waals surface area contributed by atoms with Crippen LogP contribution in [0.2, 0.25) is 0 Å². The monoisotopic (exact) mass is 642 g/mol. The summed E-state index contributed by atoms with van der Waals surface area (Å²) in [6.07, 6.45) is 8.00. The molecule has 0 aliphatic heterocycles. The number of para-hydroxylation sites is 2. The Hall–Kier alpha value is -5.86. The summed E-state index contributed by atoms with van der Waals surface area (Å²) in [6.45, 7) is 0. The van der Waals surface area contributed by atoms with Crippen LogP contribution >= 0.6 is 0 Å². The van der Waals surface area contributed by atoms with Crippen molar-refractivity contribution in [2.75, 3.05) is 9.80 Å². The third-order valence-electron chi connectivity index (χ3n) is 11.1. The molecule has 240 valence electrons. The second-order valence-corrected chi connectivity index (χ2v) is 14.0. The van der Waals surface area contributed by atoms with Crippen LogP contribution < -0.4 is 9.80 Å². The van der Waals surface area contributed by atoms with Crippen molar-refractivity contribution < 1.29 is 0 Å². The summed E-state index contributed by atoms with van der Waals surface area (Å²) in [5.74, 6) is 0.520. The van der Waals surface area contributed by atoms with Gasteiger partial charge in [-0.25, -0.2) is 0 Å². The second kappa shape index (κ2) is 11.9. The van der Waals surface area contributed by atoms with Crippen LogP contribution in [0.15, 0.2) is 175 Å². The number of allylic oxidation sites excluding steroid dienone is 4. The van der Waals surface area contributed by atoms with Gasteiger partial charge in [0.05, 0.1) is 11.4 Å². The molecule has 1 atom stereocenters. The second-order valence-electron chi connectivity index (χ2n) is 14.0. The first-order chi connectivity index (χ1) is 24.8. The molecular weight excluding hydrogens is 605 g/mol. The Kier molecular flexibility index (Phi) is 6.94. The summed E-state index contributed by atoms with van der Waals surface area (Å²) in [4.78, 5) is 5.03. The van der Waals surface area contributed by atoms with E-state index in [1.165, 1.54) is 78.8 Å². The van der Waals surface area contributed by atoms with Crippen LogP contribution in [-0.4, -0.2) is 0 Å². The standard InChI is InChI=1S/C48H38N2/c1-3-17-39(18-4-1)49(45-23-11-15-33-13-7-9-21-43(33)45)41-29-35-25-27-37-31-42(32-38-28-26-36(30-41)47(35)48(37)38)50(40-19-5-2-6-20-40)46-24-12-16-34-14-8-10-22-44(34)46/h1-24,29-31,38H,25-28,32H2. The van der Waals surface area contributed by atoms with Crippen molar-refractivity contribution in [3.63, 3.8) is 0 Å². The van der Waals surface area contributed by atoms with Crippen molar-refractivity contribution in [3.05, 3.63) is 192 Å². The van der Waals surface area contributed by atoms with Gasteiger partial charge >= 0.3 is 0 Å². The van der Waals surface area contributed by atoms with Crippen molar-refractivity contribution in [2.24, 2.45) is 5.92 Å². The molecule has 7 aromatic carbocycles. The minimum atomic E-state index is 0.520. The van der Waals surface area contributed by atoms with Crippen LogP contribution in [0.5, 0.6) is 0 Å². The maximum Gasteiger partial charge on any atom is 0.0540 e. The van der Waals surface area contributed by atoms with Crippen LogP contribution in [0.3, 0.4) is 0 Å². The Balaban J connectivity index is 1.11. The molecular formula is C48H38N2. The number of aryl methyl sites for hydroxylation is 2. The maximum absolute atomic E-state index is 2.55. The van der Waals surface area contributed by atoms with E-state index in [4.69, 9.17) is 0 Å². The topological polar surface area (TPSA) is 6.48 Å². The Morgan fingerprint density at radius 1 is 0.460 bits per heavy atom. The van der Waals surface area contributed by atoms with Gasteiger partial charge in [0.1, 0.15) is 0 Å². The summed E-state index contributed by atoms with van der Waals surface area (Å²) in [6, 6.07) is 57.9. The van der Waals surface area contributed by atoms with Crippen molar-refractivity contribution in [1.29, 1.82) is 0 Å². The van der Waals surface area contributed by atoms with Crippen LogP contribution in [0, 0.1) is 5.92 Å². The lowest BCUT2D eigenvalue weighted by Gasteiger charge is -2.41. The van der Waals surface area contributed by atoms with Gasteiger partial charge < -0.3 is 9.80 Å². The van der Waals surface area contributed by atoms with E-state index in [1.807, 2.05) is 0 Å². The summed E-state index contributed by atoms with van der Waals surface area (Å²) < 4.78 is 0. The molecule has 0 saturated heterocycles. The van der Waals surface area contributed by atoms with Crippen molar-refractivity contribution in [1.82, 2.24) is 0 Å². The number of anilines is 5. The highest BCUT2D eigenvalue weighted by molar-refractivity contribution is 6.00. The normalized spacial score (nSPS) is 16.2. The zero-order valence-corrected chi connectivity index (χ0v) is 28.1. The van der Waals surface area contributed by atoms with E-state index in [-0.39, 0.29) is 0 Å².